The van der Waals surface area contributed by atoms with Crippen LogP contribution < -0.4 is 14.8 Å². The Bertz CT molecular complexity index is 1700. The summed E-state index contributed by atoms with van der Waals surface area (Å²) in [6.45, 7) is 0. The van der Waals surface area contributed by atoms with Crippen molar-refractivity contribution in [3.05, 3.63) is 78.8 Å². The Morgan fingerprint density at radius 3 is 2.16 bits per heavy atom. The number of benzene rings is 2. The second kappa shape index (κ2) is 16.4. The molecule has 1 aliphatic carbocycles. The maximum absolute atomic E-state index is 13.7. The van der Waals surface area contributed by atoms with Gasteiger partial charge in [0.15, 0.2) is 0 Å². The first-order chi connectivity index (χ1) is 23.3. The summed E-state index contributed by atoms with van der Waals surface area (Å²) in [4.78, 5) is 65.6. The van der Waals surface area contributed by atoms with Crippen LogP contribution in [0.1, 0.15) is 37.7 Å². The third kappa shape index (κ3) is 11.0. The third-order valence-corrected chi connectivity index (χ3v) is 8.81. The molecule has 19 heteroatoms. The normalized spacial score (nSPS) is 14.3. The van der Waals surface area contributed by atoms with Gasteiger partial charge in [-0.3, -0.25) is 24.2 Å². The summed E-state index contributed by atoms with van der Waals surface area (Å²) < 4.78 is 34.9. The van der Waals surface area contributed by atoms with Crippen LogP contribution in [0, 0.1) is 5.92 Å². The number of aromatic nitrogens is 2. The van der Waals surface area contributed by atoms with E-state index in [1.54, 1.807) is 30.3 Å². The molecule has 49 heavy (non-hydrogen) atoms. The maximum atomic E-state index is 13.7. The van der Waals surface area contributed by atoms with E-state index < -0.39 is 71.4 Å². The van der Waals surface area contributed by atoms with Gasteiger partial charge in [0.05, 0.1) is 29.9 Å². The summed E-state index contributed by atoms with van der Waals surface area (Å²) in [6.07, 6.45) is 3.03. The Hall–Kier alpha value is -4.95. The van der Waals surface area contributed by atoms with Gasteiger partial charge in [0.2, 0.25) is 27.4 Å². The quantitative estimate of drug-likeness (QED) is 0.0549. The molecule has 1 saturated carbocycles. The van der Waals surface area contributed by atoms with Crippen molar-refractivity contribution in [3.8, 4) is 11.6 Å². The molecule has 1 fully saturated rings. The van der Waals surface area contributed by atoms with E-state index in [4.69, 9.17) is 14.4 Å². The lowest BCUT2D eigenvalue weighted by Gasteiger charge is -2.28. The fourth-order valence-corrected chi connectivity index (χ4v) is 5.88. The van der Waals surface area contributed by atoms with E-state index in [0.717, 1.165) is 12.8 Å². The largest absolute Gasteiger partial charge is 0.510 e. The number of ether oxygens (including phenoxy) is 1. The zero-order valence-corrected chi connectivity index (χ0v) is 26.6. The van der Waals surface area contributed by atoms with Crippen LogP contribution in [0.15, 0.2) is 78.1 Å². The Balaban J connectivity index is 1.52. The van der Waals surface area contributed by atoms with Crippen molar-refractivity contribution in [1.82, 2.24) is 20.0 Å². The van der Waals surface area contributed by atoms with Crippen molar-refractivity contribution in [3.63, 3.8) is 0 Å². The molecule has 0 unspecified atom stereocenters. The van der Waals surface area contributed by atoms with Gasteiger partial charge in [-0.1, -0.05) is 43.2 Å². The smallest absolute Gasteiger partial charge is 0.481 e. The summed E-state index contributed by atoms with van der Waals surface area (Å²) in [5, 5.41) is 41.4. The van der Waals surface area contributed by atoms with Crippen LogP contribution in [-0.2, 0) is 45.3 Å². The van der Waals surface area contributed by atoms with Crippen LogP contribution >= 0.6 is 0 Å². The number of sulfonamides is 1. The monoisotopic (exact) mass is 700 g/mol. The highest BCUT2D eigenvalue weighted by Crippen LogP contribution is 2.34. The molecule has 1 heterocycles. The third-order valence-electron chi connectivity index (χ3n) is 7.32. The van der Waals surface area contributed by atoms with Crippen molar-refractivity contribution >= 4 is 41.0 Å². The predicted molar refractivity (Wildman–Crippen MR) is 167 cm³/mol. The number of carboxylic acids is 3. The Morgan fingerprint density at radius 2 is 1.61 bits per heavy atom. The minimum absolute atomic E-state index is 0.0117. The lowest BCUT2D eigenvalue weighted by atomic mass is 9.76. The van der Waals surface area contributed by atoms with E-state index in [1.165, 1.54) is 42.9 Å². The van der Waals surface area contributed by atoms with E-state index in [-0.39, 0.29) is 35.3 Å². The van der Waals surface area contributed by atoms with Crippen molar-refractivity contribution in [1.29, 1.82) is 0 Å². The second-order valence-corrected chi connectivity index (χ2v) is 13.0. The molecule has 4 rings (SSSR count). The molecule has 0 radical (unpaired) electrons. The first-order valence-corrected chi connectivity index (χ1v) is 16.3. The highest BCUT2D eigenvalue weighted by molar-refractivity contribution is 7.89. The van der Waals surface area contributed by atoms with Gasteiger partial charge in [-0.05, 0) is 48.6 Å². The summed E-state index contributed by atoms with van der Waals surface area (Å²) in [5.41, 5.74) is -2.32. The van der Waals surface area contributed by atoms with Crippen LogP contribution in [0.3, 0.4) is 0 Å². The van der Waals surface area contributed by atoms with Crippen LogP contribution in [0.5, 0.6) is 11.6 Å². The molecule has 17 nitrogen and oxygen atoms in total. The van der Waals surface area contributed by atoms with Crippen molar-refractivity contribution in [2.24, 2.45) is 5.92 Å². The number of aliphatic carboxylic acids is 3. The van der Waals surface area contributed by atoms with Gasteiger partial charge in [-0.2, -0.15) is 4.72 Å². The minimum atomic E-state index is -4.33. The predicted octanol–water partition coefficient (Wildman–Crippen LogP) is 1.18. The lowest BCUT2D eigenvalue weighted by Crippen LogP contribution is -2.56. The molecule has 0 spiro atoms. The average molecular weight is 700 g/mol. The van der Waals surface area contributed by atoms with Crippen molar-refractivity contribution in [2.75, 3.05) is 0 Å². The number of nitrogens with one attached hydrogen (secondary N) is 2. The van der Waals surface area contributed by atoms with E-state index in [9.17, 15) is 47.9 Å². The Labute approximate surface area is 280 Å². The minimum Gasteiger partial charge on any atom is -0.481 e. The fraction of sp³-hybridized carbons (Fsp3) is 0.333. The number of nitrogens with zero attached hydrogens (tertiary/aromatic N) is 2. The molecule has 6 N–H and O–H groups in total. The van der Waals surface area contributed by atoms with E-state index >= 15 is 0 Å². The average Bonchev–Trinajstić information content (AvgIpc) is 3.87. The summed E-state index contributed by atoms with van der Waals surface area (Å²) >= 11 is 0. The number of carbonyl (C=O) groups is 4. The molecule has 260 valence electrons. The van der Waals surface area contributed by atoms with Crippen LogP contribution in [-0.4, -0.2) is 87.2 Å². The number of carbonyl (C=O) groups excluding carboxylic acids is 1. The Morgan fingerprint density at radius 1 is 0.959 bits per heavy atom. The van der Waals surface area contributed by atoms with Gasteiger partial charge in [-0.15, -0.1) is 0 Å². The van der Waals surface area contributed by atoms with Gasteiger partial charge in [0, 0.05) is 12.4 Å². The SMILES string of the molecule is O=C(O)CC(CC(=O)O)(OOB(O)[C@H](CC1CC1)NC(=O)[C@H](Cc1ccccc1)NS(=O)(=O)c1ccc(Oc2cnccn2)cc1)C(=O)O. The first kappa shape index (κ1) is 36.9. The van der Waals surface area contributed by atoms with E-state index in [0.29, 0.717) is 5.56 Å². The molecule has 2 atom stereocenters. The molecule has 0 saturated heterocycles. The van der Waals surface area contributed by atoms with Gasteiger partial charge >= 0.3 is 25.0 Å². The topological polar surface area (TPSA) is 261 Å². The molecule has 0 aliphatic heterocycles. The highest BCUT2D eigenvalue weighted by atomic mass is 32.2. The first-order valence-electron chi connectivity index (χ1n) is 14.9. The lowest BCUT2D eigenvalue weighted by molar-refractivity contribution is -0.303. The van der Waals surface area contributed by atoms with Gasteiger partial charge in [0.1, 0.15) is 11.8 Å². The molecular formula is C30H33BN4O13S. The maximum Gasteiger partial charge on any atom is 0.510 e. The zero-order valence-electron chi connectivity index (χ0n) is 25.7. The van der Waals surface area contributed by atoms with Crippen molar-refractivity contribution < 1.29 is 62.4 Å². The molecular weight excluding hydrogens is 667 g/mol. The second-order valence-electron chi connectivity index (χ2n) is 11.3. The van der Waals surface area contributed by atoms with E-state index in [1.807, 2.05) is 0 Å². The van der Waals surface area contributed by atoms with Gasteiger partial charge in [0.25, 0.3) is 0 Å². The number of amides is 1. The van der Waals surface area contributed by atoms with Gasteiger partial charge < -0.3 is 30.4 Å². The van der Waals surface area contributed by atoms with Crippen LogP contribution in [0.4, 0.5) is 0 Å². The van der Waals surface area contributed by atoms with Crippen molar-refractivity contribution in [2.45, 2.75) is 61.0 Å². The standard InChI is InChI=1S/C30H33BN4O13S/c36-26(37)16-30(29(41)42,17-27(38)39)47-48-31(43)24(15-20-6-7-20)34-28(40)23(14-19-4-2-1-3-5-19)35-49(44,45)22-10-8-21(9-11-22)46-25-18-32-12-13-33-25/h1-5,8-13,18,20,23-24,35,43H,6-7,14-17H2,(H,34,40)(H,36,37)(H,38,39)(H,41,42)/t23-,24-/m0/s1. The molecule has 0 bridgehead atoms. The summed E-state index contributed by atoms with van der Waals surface area (Å²) in [6, 6.07) is 12.4. The molecule has 2 aromatic carbocycles. The van der Waals surface area contributed by atoms with Crippen LogP contribution in [0.25, 0.3) is 0 Å². The molecule has 3 aromatic rings. The molecule has 1 amide bonds. The molecule has 1 aromatic heterocycles. The fourth-order valence-electron chi connectivity index (χ4n) is 4.69. The number of rotatable bonds is 20. The van der Waals surface area contributed by atoms with Crippen LogP contribution in [0.2, 0.25) is 0 Å². The number of hydrogen-bond acceptors (Lipinski definition) is 12. The molecule has 1 aliphatic rings. The zero-order chi connectivity index (χ0) is 35.6. The van der Waals surface area contributed by atoms with Gasteiger partial charge in [-0.25, -0.2) is 23.1 Å². The summed E-state index contributed by atoms with van der Waals surface area (Å²) in [5.74, 6) is -7.12. The number of carboxylic acid groups (broad SMARTS) is 3. The highest BCUT2D eigenvalue weighted by Gasteiger charge is 2.48. The summed E-state index contributed by atoms with van der Waals surface area (Å²) in [7, 11) is -6.44. The number of hydrogen-bond donors (Lipinski definition) is 6. The Kier molecular flexibility index (Phi) is 12.4. The van der Waals surface area contributed by atoms with E-state index in [2.05, 4.69) is 20.0 Å².